The standard InChI is InChI=1S/C23H23F3N4O3/c1-22(2,21(32)30(3)13-15-7-5-4-6-8-15)14-27-19(31)17-11-9-16(10-12-17)18-28-20(33-29-18)23(24,25)26/h4-12H,13-14H2,1-3H3,(H,27,31). The minimum atomic E-state index is -4.73. The summed E-state index contributed by atoms with van der Waals surface area (Å²) in [5, 5.41) is 6.05. The van der Waals surface area contributed by atoms with Crippen LogP contribution in [-0.4, -0.2) is 40.4 Å². The molecule has 3 aromatic rings. The van der Waals surface area contributed by atoms with Crippen LogP contribution in [-0.2, 0) is 17.5 Å². The summed E-state index contributed by atoms with van der Waals surface area (Å²) in [6, 6.07) is 15.3. The first-order valence-corrected chi connectivity index (χ1v) is 10.1. The molecule has 0 radical (unpaired) electrons. The van der Waals surface area contributed by atoms with E-state index in [1.165, 1.54) is 24.3 Å². The minimum absolute atomic E-state index is 0.103. The highest BCUT2D eigenvalue weighted by Crippen LogP contribution is 2.29. The Labute approximate surface area is 188 Å². The van der Waals surface area contributed by atoms with Crippen molar-refractivity contribution in [1.82, 2.24) is 20.4 Å². The molecule has 0 atom stereocenters. The maximum Gasteiger partial charge on any atom is 0.471 e. The number of halogens is 3. The Balaban J connectivity index is 1.59. The number of amides is 2. The molecule has 0 spiro atoms. The van der Waals surface area contributed by atoms with Gasteiger partial charge >= 0.3 is 12.1 Å². The van der Waals surface area contributed by atoms with Crippen LogP contribution in [0.5, 0.6) is 0 Å². The van der Waals surface area contributed by atoms with Crippen molar-refractivity contribution in [3.63, 3.8) is 0 Å². The first kappa shape index (κ1) is 24.0. The Morgan fingerprint density at radius 2 is 1.67 bits per heavy atom. The average Bonchev–Trinajstić information content (AvgIpc) is 3.29. The maximum absolute atomic E-state index is 12.9. The van der Waals surface area contributed by atoms with Crippen LogP contribution < -0.4 is 5.32 Å². The second-order valence-electron chi connectivity index (χ2n) is 8.21. The molecule has 0 saturated heterocycles. The Kier molecular flexibility index (Phi) is 6.85. The molecule has 0 aliphatic carbocycles. The zero-order chi connectivity index (χ0) is 24.2. The van der Waals surface area contributed by atoms with Gasteiger partial charge in [0.15, 0.2) is 0 Å². The van der Waals surface area contributed by atoms with Crippen molar-refractivity contribution in [1.29, 1.82) is 0 Å². The van der Waals surface area contributed by atoms with Gasteiger partial charge in [-0.1, -0.05) is 47.6 Å². The predicted molar refractivity (Wildman–Crippen MR) is 114 cm³/mol. The van der Waals surface area contributed by atoms with E-state index in [1.54, 1.807) is 25.8 Å². The van der Waals surface area contributed by atoms with Crippen molar-refractivity contribution in [3.05, 3.63) is 71.6 Å². The molecule has 1 heterocycles. The Hall–Kier alpha value is -3.69. The summed E-state index contributed by atoms with van der Waals surface area (Å²) in [6.45, 7) is 4.04. The van der Waals surface area contributed by atoms with Crippen LogP contribution in [0.1, 0.15) is 35.7 Å². The number of carbonyl (C=O) groups excluding carboxylic acids is 2. The normalized spacial score (nSPS) is 11.8. The molecule has 3 rings (SSSR count). The predicted octanol–water partition coefficient (Wildman–Crippen LogP) is 4.17. The number of carbonyl (C=O) groups is 2. The third-order valence-electron chi connectivity index (χ3n) is 4.95. The first-order chi connectivity index (χ1) is 15.5. The van der Waals surface area contributed by atoms with Crippen LogP contribution in [0.2, 0.25) is 0 Å². The second kappa shape index (κ2) is 9.43. The SMILES string of the molecule is CN(Cc1ccccc1)C(=O)C(C)(C)CNC(=O)c1ccc(-c2noc(C(F)(F)F)n2)cc1. The van der Waals surface area contributed by atoms with Crippen LogP contribution in [0.3, 0.4) is 0 Å². The zero-order valence-corrected chi connectivity index (χ0v) is 18.3. The summed E-state index contributed by atoms with van der Waals surface area (Å²) in [5.41, 5.74) is 0.692. The average molecular weight is 460 g/mol. The summed E-state index contributed by atoms with van der Waals surface area (Å²) in [7, 11) is 1.71. The first-order valence-electron chi connectivity index (χ1n) is 10.1. The number of aromatic nitrogens is 2. The van der Waals surface area contributed by atoms with Gasteiger partial charge in [-0.15, -0.1) is 0 Å². The zero-order valence-electron chi connectivity index (χ0n) is 18.3. The fourth-order valence-electron chi connectivity index (χ4n) is 3.15. The van der Waals surface area contributed by atoms with Crippen molar-refractivity contribution in [2.45, 2.75) is 26.6 Å². The van der Waals surface area contributed by atoms with E-state index in [-0.39, 0.29) is 29.4 Å². The third kappa shape index (κ3) is 5.97. The number of hydrogen-bond acceptors (Lipinski definition) is 5. The van der Waals surface area contributed by atoms with Gasteiger partial charge < -0.3 is 14.7 Å². The molecule has 0 aliphatic heterocycles. The quantitative estimate of drug-likeness (QED) is 0.572. The van der Waals surface area contributed by atoms with Crippen molar-refractivity contribution in [2.24, 2.45) is 5.41 Å². The van der Waals surface area contributed by atoms with Gasteiger partial charge in [0.05, 0.1) is 5.41 Å². The molecule has 0 fully saturated rings. The Morgan fingerprint density at radius 1 is 1.03 bits per heavy atom. The van der Waals surface area contributed by atoms with Crippen LogP contribution >= 0.6 is 0 Å². The van der Waals surface area contributed by atoms with Crippen LogP contribution in [0.15, 0.2) is 59.1 Å². The van der Waals surface area contributed by atoms with Crippen molar-refractivity contribution in [2.75, 3.05) is 13.6 Å². The number of nitrogens with zero attached hydrogens (tertiary/aromatic N) is 3. The summed E-state index contributed by atoms with van der Waals surface area (Å²) in [6.07, 6.45) is -4.73. The number of benzene rings is 2. The second-order valence-corrected chi connectivity index (χ2v) is 8.21. The van der Waals surface area contributed by atoms with E-state index in [2.05, 4.69) is 20.0 Å². The lowest BCUT2D eigenvalue weighted by Gasteiger charge is -2.29. The van der Waals surface area contributed by atoms with E-state index in [0.717, 1.165) is 5.56 Å². The fourth-order valence-corrected chi connectivity index (χ4v) is 3.15. The topological polar surface area (TPSA) is 88.3 Å². The molecule has 0 bridgehead atoms. The van der Waals surface area contributed by atoms with Gasteiger partial charge in [0.2, 0.25) is 11.7 Å². The number of nitrogens with one attached hydrogen (secondary N) is 1. The molecule has 33 heavy (non-hydrogen) atoms. The van der Waals surface area contributed by atoms with Gasteiger partial charge in [-0.3, -0.25) is 9.59 Å². The highest BCUT2D eigenvalue weighted by atomic mass is 19.4. The molecule has 1 N–H and O–H groups in total. The maximum atomic E-state index is 12.9. The van der Waals surface area contributed by atoms with Gasteiger partial charge in [-0.2, -0.15) is 18.2 Å². The van der Waals surface area contributed by atoms with Gasteiger partial charge in [0, 0.05) is 31.3 Å². The van der Waals surface area contributed by atoms with Gasteiger partial charge in [-0.05, 0) is 31.5 Å². The molecular formula is C23H23F3N4O3. The summed E-state index contributed by atoms with van der Waals surface area (Å²) in [5.74, 6) is -2.22. The van der Waals surface area contributed by atoms with Crippen LogP contribution in [0.4, 0.5) is 13.2 Å². The van der Waals surface area contributed by atoms with Gasteiger partial charge in [0.1, 0.15) is 0 Å². The van der Waals surface area contributed by atoms with E-state index in [9.17, 15) is 22.8 Å². The van der Waals surface area contributed by atoms with Gasteiger partial charge in [-0.25, -0.2) is 0 Å². The lowest BCUT2D eigenvalue weighted by molar-refractivity contribution is -0.159. The Morgan fingerprint density at radius 3 is 2.24 bits per heavy atom. The number of alkyl halides is 3. The molecule has 0 unspecified atom stereocenters. The molecular weight excluding hydrogens is 437 g/mol. The van der Waals surface area contributed by atoms with E-state index < -0.39 is 23.4 Å². The molecule has 174 valence electrons. The molecule has 10 heteroatoms. The van der Waals surface area contributed by atoms with Crippen molar-refractivity contribution >= 4 is 11.8 Å². The monoisotopic (exact) mass is 460 g/mol. The molecule has 1 aromatic heterocycles. The highest BCUT2D eigenvalue weighted by molar-refractivity contribution is 5.95. The molecule has 0 saturated carbocycles. The summed E-state index contributed by atoms with van der Waals surface area (Å²) in [4.78, 5) is 30.3. The third-order valence-corrected chi connectivity index (χ3v) is 4.95. The van der Waals surface area contributed by atoms with Crippen LogP contribution in [0, 0.1) is 5.41 Å². The Bertz CT molecular complexity index is 1110. The molecule has 2 amide bonds. The highest BCUT2D eigenvalue weighted by Gasteiger charge is 2.38. The van der Waals surface area contributed by atoms with E-state index in [1.807, 2.05) is 30.3 Å². The van der Waals surface area contributed by atoms with Crippen molar-refractivity contribution in [3.8, 4) is 11.4 Å². The summed E-state index contributed by atoms with van der Waals surface area (Å²) >= 11 is 0. The molecule has 7 nitrogen and oxygen atoms in total. The molecule has 0 aliphatic rings. The lowest BCUT2D eigenvalue weighted by Crippen LogP contribution is -2.45. The van der Waals surface area contributed by atoms with E-state index >= 15 is 0 Å². The van der Waals surface area contributed by atoms with Crippen molar-refractivity contribution < 1.29 is 27.3 Å². The fraction of sp³-hybridized carbons (Fsp3) is 0.304. The van der Waals surface area contributed by atoms with E-state index in [0.29, 0.717) is 6.54 Å². The molecule has 2 aromatic carbocycles. The minimum Gasteiger partial charge on any atom is -0.351 e. The van der Waals surface area contributed by atoms with E-state index in [4.69, 9.17) is 0 Å². The smallest absolute Gasteiger partial charge is 0.351 e. The largest absolute Gasteiger partial charge is 0.471 e. The lowest BCUT2D eigenvalue weighted by atomic mass is 9.91. The van der Waals surface area contributed by atoms with Crippen LogP contribution in [0.25, 0.3) is 11.4 Å². The number of rotatable bonds is 7. The van der Waals surface area contributed by atoms with Gasteiger partial charge in [0.25, 0.3) is 5.91 Å². The number of hydrogen-bond donors (Lipinski definition) is 1. The summed E-state index contributed by atoms with van der Waals surface area (Å²) < 4.78 is 42.0.